The lowest BCUT2D eigenvalue weighted by Gasteiger charge is -2.31. The van der Waals surface area contributed by atoms with Crippen LogP contribution >= 0.6 is 0 Å². The van der Waals surface area contributed by atoms with Gasteiger partial charge in [0, 0.05) is 61.4 Å². The largest absolute Gasteiger partial charge is 0.443 e. The smallest absolute Gasteiger partial charge is 0.414 e. The van der Waals surface area contributed by atoms with Gasteiger partial charge in [-0.2, -0.15) is 5.10 Å². The molecule has 2 aliphatic rings. The lowest BCUT2D eigenvalue weighted by Crippen LogP contribution is -2.38. The van der Waals surface area contributed by atoms with Gasteiger partial charge in [0.05, 0.1) is 40.5 Å². The van der Waals surface area contributed by atoms with Crippen molar-refractivity contribution in [3.05, 3.63) is 94.8 Å². The van der Waals surface area contributed by atoms with Crippen molar-refractivity contribution in [1.29, 1.82) is 0 Å². The molecule has 2 aromatic carbocycles. The summed E-state index contributed by atoms with van der Waals surface area (Å²) in [6, 6.07) is 13.9. The maximum atomic E-state index is 14.1. The number of carbonyl (C=O) groups is 2. The van der Waals surface area contributed by atoms with Crippen molar-refractivity contribution < 1.29 is 18.8 Å². The zero-order valence-corrected chi connectivity index (χ0v) is 31.0. The molecule has 0 unspecified atom stereocenters. The maximum Gasteiger partial charge on any atom is 0.414 e. The third kappa shape index (κ3) is 6.67. The highest BCUT2D eigenvalue weighted by Gasteiger charge is 2.32. The summed E-state index contributed by atoms with van der Waals surface area (Å²) in [6.07, 6.45) is 7.48. The Labute approximate surface area is 307 Å². The van der Waals surface area contributed by atoms with Gasteiger partial charge in [-0.25, -0.2) is 14.5 Å². The Kier molecular flexibility index (Phi) is 8.58. The first-order valence-corrected chi connectivity index (χ1v) is 18.1. The second kappa shape index (κ2) is 13.3. The van der Waals surface area contributed by atoms with Crippen LogP contribution < -0.4 is 4.90 Å². The third-order valence-electron chi connectivity index (χ3n) is 10.3. The molecule has 0 atom stereocenters. The summed E-state index contributed by atoms with van der Waals surface area (Å²) in [7, 11) is 1.87. The molecule has 6 aromatic rings. The summed E-state index contributed by atoms with van der Waals surface area (Å²) in [5, 5.41) is 18.4. The molecule has 2 amide bonds. The molecule has 13 heteroatoms. The predicted octanol–water partition coefficient (Wildman–Crippen LogP) is 6.86. The van der Waals surface area contributed by atoms with E-state index in [0.29, 0.717) is 43.2 Å². The number of amides is 2. The Morgan fingerprint density at radius 3 is 2.57 bits per heavy atom. The van der Waals surface area contributed by atoms with Gasteiger partial charge >= 0.3 is 6.09 Å². The van der Waals surface area contributed by atoms with Crippen molar-refractivity contribution in [2.45, 2.75) is 71.9 Å². The first kappa shape index (κ1) is 34.2. The summed E-state index contributed by atoms with van der Waals surface area (Å²) in [4.78, 5) is 35.8. The number of aryl methyl sites for hydroxylation is 3. The number of carbonyl (C=O) groups excluding carboxylic acids is 2. The molecule has 0 aliphatic carbocycles. The minimum atomic E-state index is -0.596. The van der Waals surface area contributed by atoms with Crippen LogP contribution in [0.5, 0.6) is 0 Å². The zero-order chi connectivity index (χ0) is 37.0. The van der Waals surface area contributed by atoms with Crippen LogP contribution in [0.4, 0.5) is 10.5 Å². The number of pyridine rings is 1. The number of para-hydroxylation sites is 1. The number of anilines is 1. The van der Waals surface area contributed by atoms with Crippen molar-refractivity contribution in [2.75, 3.05) is 24.5 Å². The van der Waals surface area contributed by atoms with Crippen molar-refractivity contribution in [3.8, 4) is 22.5 Å². The number of rotatable bonds is 6. The summed E-state index contributed by atoms with van der Waals surface area (Å²) in [6.45, 7) is 11.8. The molecule has 1 saturated heterocycles. The average Bonchev–Trinajstić information content (AvgIpc) is 3.96. The molecule has 0 saturated carbocycles. The van der Waals surface area contributed by atoms with E-state index >= 15 is 0 Å². The summed E-state index contributed by atoms with van der Waals surface area (Å²) < 4.78 is 14.9. The van der Waals surface area contributed by atoms with E-state index in [-0.39, 0.29) is 17.9 Å². The first-order chi connectivity index (χ1) is 25.4. The maximum absolute atomic E-state index is 14.1. The second-order valence-electron chi connectivity index (χ2n) is 15.1. The molecule has 0 spiro atoms. The fraction of sp³-hybridized carbons (Fsp3) is 0.375. The molecule has 4 aromatic heterocycles. The summed E-state index contributed by atoms with van der Waals surface area (Å²) in [5.74, 6) is 0.837. The number of benzene rings is 2. The van der Waals surface area contributed by atoms with E-state index in [2.05, 4.69) is 40.5 Å². The second-order valence-corrected chi connectivity index (χ2v) is 15.1. The van der Waals surface area contributed by atoms with Gasteiger partial charge in [-0.15, -0.1) is 5.10 Å². The number of hydrogen-bond acceptors (Lipinski definition) is 9. The minimum absolute atomic E-state index is 0.00495. The fourth-order valence-corrected chi connectivity index (χ4v) is 7.37. The van der Waals surface area contributed by atoms with Crippen molar-refractivity contribution in [1.82, 2.24) is 39.8 Å². The molecule has 2 aliphatic heterocycles. The number of fused-ring (bicyclic) bond motifs is 2. The van der Waals surface area contributed by atoms with Gasteiger partial charge in [0.25, 0.3) is 5.91 Å². The van der Waals surface area contributed by atoms with Crippen LogP contribution in [0.3, 0.4) is 0 Å². The SMILES string of the molecule is Cc1ccc2c(C(=O)N3CCC(c4cc(Cn5cc(-c6cccc7c6N(C(=O)OC(C)(C)C)CC7)nn5)on4)CC3)cc(-c3cnn(C)c3)nc2c1C. The molecule has 53 heavy (non-hydrogen) atoms. The molecule has 13 nitrogen and oxygen atoms in total. The molecule has 0 bridgehead atoms. The van der Waals surface area contributed by atoms with Crippen molar-refractivity contribution in [2.24, 2.45) is 7.05 Å². The van der Waals surface area contributed by atoms with E-state index in [9.17, 15) is 9.59 Å². The fourth-order valence-electron chi connectivity index (χ4n) is 7.37. The lowest BCUT2D eigenvalue weighted by atomic mass is 9.92. The van der Waals surface area contributed by atoms with Crippen molar-refractivity contribution in [3.63, 3.8) is 0 Å². The minimum Gasteiger partial charge on any atom is -0.443 e. The van der Waals surface area contributed by atoms with Gasteiger partial charge in [0.15, 0.2) is 5.76 Å². The normalized spacial score (nSPS) is 15.0. The van der Waals surface area contributed by atoms with Crippen LogP contribution in [-0.2, 0) is 24.8 Å². The first-order valence-electron chi connectivity index (χ1n) is 18.1. The van der Waals surface area contributed by atoms with Crippen LogP contribution in [0.15, 0.2) is 65.6 Å². The molecule has 0 radical (unpaired) electrons. The van der Waals surface area contributed by atoms with Gasteiger partial charge in [-0.1, -0.05) is 40.7 Å². The summed E-state index contributed by atoms with van der Waals surface area (Å²) >= 11 is 0. The lowest BCUT2D eigenvalue weighted by molar-refractivity contribution is 0.0583. The number of piperidine rings is 1. The third-order valence-corrected chi connectivity index (χ3v) is 10.3. The zero-order valence-electron chi connectivity index (χ0n) is 31.0. The topological polar surface area (TPSA) is 137 Å². The molecule has 0 N–H and O–H groups in total. The van der Waals surface area contributed by atoms with Crippen LogP contribution in [0.25, 0.3) is 33.4 Å². The Morgan fingerprint density at radius 2 is 1.81 bits per heavy atom. The van der Waals surface area contributed by atoms with E-state index in [0.717, 1.165) is 75.1 Å². The molecule has 8 rings (SSSR count). The highest BCUT2D eigenvalue weighted by Crippen LogP contribution is 2.38. The van der Waals surface area contributed by atoms with E-state index in [1.165, 1.54) is 0 Å². The Balaban J connectivity index is 0.948. The Bertz CT molecular complexity index is 2360. The number of likely N-dealkylation sites (tertiary alicyclic amines) is 1. The highest BCUT2D eigenvalue weighted by atomic mass is 16.6. The number of nitrogens with zero attached hydrogens (tertiary/aromatic N) is 9. The van der Waals surface area contributed by atoms with Crippen LogP contribution in [0.1, 0.15) is 78.0 Å². The molecule has 6 heterocycles. The molecule has 1 fully saturated rings. The summed E-state index contributed by atoms with van der Waals surface area (Å²) in [5.41, 5.74) is 8.97. The van der Waals surface area contributed by atoms with E-state index in [1.54, 1.807) is 20.5 Å². The predicted molar refractivity (Wildman–Crippen MR) is 200 cm³/mol. The van der Waals surface area contributed by atoms with Gasteiger partial charge in [-0.05, 0) is 76.6 Å². The number of aromatic nitrogens is 7. The van der Waals surface area contributed by atoms with Crippen LogP contribution in [-0.4, -0.2) is 77.1 Å². The van der Waals surface area contributed by atoms with Gasteiger partial charge < -0.3 is 14.2 Å². The van der Waals surface area contributed by atoms with Crippen LogP contribution in [0, 0.1) is 13.8 Å². The Hall–Kier alpha value is -5.85. The Morgan fingerprint density at radius 1 is 1.00 bits per heavy atom. The van der Waals surface area contributed by atoms with E-state index in [4.69, 9.17) is 14.2 Å². The monoisotopic (exact) mass is 713 g/mol. The standard InChI is InChI=1S/C40H43N9O4/c1-24-10-11-30-32(19-33(42-36(30)25(24)2)28-20-41-46(6)21-28)38(50)47-15-12-26(13-16-47)34-18-29(53-44-34)22-48-23-35(43-45-48)31-9-7-8-27-14-17-49(37(27)31)39(51)52-40(3,4)5/h7-11,18-21,23,26H,12-17,22H2,1-6H3. The van der Waals surface area contributed by atoms with Crippen molar-refractivity contribution >= 4 is 28.6 Å². The number of hydrogen-bond donors (Lipinski definition) is 0. The van der Waals surface area contributed by atoms with E-state index < -0.39 is 5.60 Å². The number of ether oxygens (including phenoxy) is 1. The van der Waals surface area contributed by atoms with Gasteiger partial charge in [0.1, 0.15) is 17.8 Å². The molecule has 272 valence electrons. The average molecular weight is 714 g/mol. The van der Waals surface area contributed by atoms with E-state index in [1.807, 2.05) is 81.5 Å². The van der Waals surface area contributed by atoms with Gasteiger partial charge in [-0.3, -0.25) is 14.4 Å². The molecular formula is C40H43N9O4. The van der Waals surface area contributed by atoms with Crippen LogP contribution in [0.2, 0.25) is 0 Å². The highest BCUT2D eigenvalue weighted by molar-refractivity contribution is 6.08. The van der Waals surface area contributed by atoms with Gasteiger partial charge in [0.2, 0.25) is 0 Å². The quantitative estimate of drug-likeness (QED) is 0.181. The molecular weight excluding hydrogens is 670 g/mol.